The Morgan fingerprint density at radius 3 is 2.60 bits per heavy atom. The van der Waals surface area contributed by atoms with E-state index in [4.69, 9.17) is 9.47 Å². The summed E-state index contributed by atoms with van der Waals surface area (Å²) in [6, 6.07) is 4.34. The maximum Gasteiger partial charge on any atom is 0.123 e. The molecule has 1 unspecified atom stereocenters. The first-order chi connectivity index (χ1) is 9.30. The highest BCUT2D eigenvalue weighted by Crippen LogP contribution is 2.36. The first-order valence-electron chi connectivity index (χ1n) is 7.34. The molecule has 1 aliphatic rings. The van der Waals surface area contributed by atoms with Gasteiger partial charge in [-0.15, -0.1) is 12.4 Å². The van der Waals surface area contributed by atoms with Crippen LogP contribution in [0.4, 0.5) is 0 Å². The van der Waals surface area contributed by atoms with Crippen LogP contribution in [0, 0.1) is 0 Å². The lowest BCUT2D eigenvalue weighted by atomic mass is 9.89. The molecule has 1 heterocycles. The first-order valence-corrected chi connectivity index (χ1v) is 7.34. The smallest absolute Gasteiger partial charge is 0.123 e. The summed E-state index contributed by atoms with van der Waals surface area (Å²) < 4.78 is 11.4. The van der Waals surface area contributed by atoms with Crippen LogP contribution in [-0.4, -0.2) is 26.8 Å². The van der Waals surface area contributed by atoms with Gasteiger partial charge >= 0.3 is 0 Å². The highest BCUT2D eigenvalue weighted by atomic mass is 35.5. The van der Waals surface area contributed by atoms with Gasteiger partial charge in [0.2, 0.25) is 0 Å². The number of piperidine rings is 1. The third-order valence-corrected chi connectivity index (χ3v) is 3.83. The molecule has 114 valence electrons. The fourth-order valence-corrected chi connectivity index (χ4v) is 2.80. The van der Waals surface area contributed by atoms with Crippen molar-refractivity contribution in [2.75, 3.05) is 26.8 Å². The van der Waals surface area contributed by atoms with Crippen molar-refractivity contribution in [2.24, 2.45) is 0 Å². The summed E-state index contributed by atoms with van der Waals surface area (Å²) in [5, 5.41) is 3.47. The molecule has 1 atom stereocenters. The average Bonchev–Trinajstić information content (AvgIpc) is 2.48. The molecule has 0 saturated carbocycles. The van der Waals surface area contributed by atoms with Crippen molar-refractivity contribution in [3.05, 3.63) is 23.3 Å². The Morgan fingerprint density at radius 1 is 1.25 bits per heavy atom. The molecule has 0 spiro atoms. The second kappa shape index (κ2) is 8.38. The van der Waals surface area contributed by atoms with E-state index in [1.165, 1.54) is 24.0 Å². The van der Waals surface area contributed by atoms with Crippen molar-refractivity contribution >= 4 is 12.4 Å². The molecule has 1 aromatic carbocycles. The number of benzene rings is 1. The zero-order chi connectivity index (χ0) is 13.7. The number of methoxy groups -OCH3 is 1. The summed E-state index contributed by atoms with van der Waals surface area (Å²) in [7, 11) is 1.76. The first kappa shape index (κ1) is 17.1. The van der Waals surface area contributed by atoms with E-state index < -0.39 is 0 Å². The number of rotatable bonds is 5. The Labute approximate surface area is 128 Å². The van der Waals surface area contributed by atoms with E-state index in [0.717, 1.165) is 31.0 Å². The quantitative estimate of drug-likeness (QED) is 0.902. The minimum absolute atomic E-state index is 0. The number of nitrogens with one attached hydrogen (secondary N) is 1. The van der Waals surface area contributed by atoms with Gasteiger partial charge in [0.25, 0.3) is 0 Å². The lowest BCUT2D eigenvalue weighted by Crippen LogP contribution is -2.28. The fourth-order valence-electron chi connectivity index (χ4n) is 2.80. The van der Waals surface area contributed by atoms with Gasteiger partial charge in [0, 0.05) is 18.0 Å². The van der Waals surface area contributed by atoms with Crippen LogP contribution in [0.5, 0.6) is 11.5 Å². The Balaban J connectivity index is 0.00000200. The zero-order valence-corrected chi connectivity index (χ0v) is 13.5. The van der Waals surface area contributed by atoms with E-state index >= 15 is 0 Å². The van der Waals surface area contributed by atoms with E-state index in [9.17, 15) is 0 Å². The highest BCUT2D eigenvalue weighted by Gasteiger charge is 2.21. The van der Waals surface area contributed by atoms with Crippen LogP contribution in [-0.2, 0) is 6.42 Å². The topological polar surface area (TPSA) is 30.5 Å². The van der Waals surface area contributed by atoms with Crippen molar-refractivity contribution in [1.29, 1.82) is 0 Å². The second-order valence-corrected chi connectivity index (χ2v) is 5.03. The lowest BCUT2D eigenvalue weighted by molar-refractivity contribution is 0.332. The summed E-state index contributed by atoms with van der Waals surface area (Å²) in [4.78, 5) is 0. The second-order valence-electron chi connectivity index (χ2n) is 5.03. The van der Waals surface area contributed by atoms with Crippen LogP contribution >= 0.6 is 12.4 Å². The molecule has 1 N–H and O–H groups in total. The number of aryl methyl sites for hydroxylation is 1. The largest absolute Gasteiger partial charge is 0.496 e. The molecule has 1 saturated heterocycles. The molecule has 0 bridgehead atoms. The van der Waals surface area contributed by atoms with Crippen molar-refractivity contribution in [3.63, 3.8) is 0 Å². The van der Waals surface area contributed by atoms with Crippen LogP contribution < -0.4 is 14.8 Å². The summed E-state index contributed by atoms with van der Waals surface area (Å²) in [5.74, 6) is 2.56. The molecule has 1 fully saturated rings. The van der Waals surface area contributed by atoms with Crippen molar-refractivity contribution in [3.8, 4) is 11.5 Å². The SMILES string of the molecule is CCOc1cc(C2CCCNC2)c(OC)cc1CC.Cl. The zero-order valence-electron chi connectivity index (χ0n) is 12.7. The van der Waals surface area contributed by atoms with E-state index in [0.29, 0.717) is 12.5 Å². The minimum atomic E-state index is 0. The van der Waals surface area contributed by atoms with E-state index in [-0.39, 0.29) is 12.4 Å². The van der Waals surface area contributed by atoms with Gasteiger partial charge in [-0.3, -0.25) is 0 Å². The van der Waals surface area contributed by atoms with Crippen molar-refractivity contribution in [2.45, 2.75) is 39.0 Å². The molecule has 4 heteroatoms. The molecule has 1 aromatic rings. The Hall–Kier alpha value is -0.930. The Kier molecular flexibility index (Phi) is 7.17. The number of halogens is 1. The molecule has 0 amide bonds. The van der Waals surface area contributed by atoms with E-state index in [2.05, 4.69) is 24.4 Å². The normalized spacial score (nSPS) is 18.2. The van der Waals surface area contributed by atoms with Crippen LogP contribution in [0.3, 0.4) is 0 Å². The summed E-state index contributed by atoms with van der Waals surface area (Å²) in [5.41, 5.74) is 2.52. The predicted molar refractivity (Wildman–Crippen MR) is 85.6 cm³/mol. The van der Waals surface area contributed by atoms with Crippen LogP contribution in [0.2, 0.25) is 0 Å². The summed E-state index contributed by atoms with van der Waals surface area (Å²) in [6.45, 7) is 7.06. The Morgan fingerprint density at radius 2 is 2.05 bits per heavy atom. The third-order valence-electron chi connectivity index (χ3n) is 3.83. The van der Waals surface area contributed by atoms with Gasteiger partial charge in [-0.2, -0.15) is 0 Å². The van der Waals surface area contributed by atoms with Crippen molar-refractivity contribution in [1.82, 2.24) is 5.32 Å². The standard InChI is InChI=1S/C16H25NO2.ClH/c1-4-12-9-16(18-3)14(10-15(12)19-5-2)13-7-6-8-17-11-13;/h9-10,13,17H,4-8,11H2,1-3H3;1H. The van der Waals surface area contributed by atoms with Crippen LogP contribution in [0.1, 0.15) is 43.7 Å². The lowest BCUT2D eigenvalue weighted by Gasteiger charge is -2.26. The number of hydrogen-bond acceptors (Lipinski definition) is 3. The average molecular weight is 300 g/mol. The van der Waals surface area contributed by atoms with Gasteiger partial charge in [0.15, 0.2) is 0 Å². The molecule has 2 rings (SSSR count). The molecule has 0 radical (unpaired) electrons. The summed E-state index contributed by atoms with van der Waals surface area (Å²) in [6.07, 6.45) is 3.42. The third kappa shape index (κ3) is 3.80. The van der Waals surface area contributed by atoms with Gasteiger partial charge in [-0.25, -0.2) is 0 Å². The number of ether oxygens (including phenoxy) is 2. The van der Waals surface area contributed by atoms with Crippen molar-refractivity contribution < 1.29 is 9.47 Å². The number of hydrogen-bond donors (Lipinski definition) is 1. The molecule has 0 aliphatic carbocycles. The molecular formula is C16H26ClNO2. The van der Waals surface area contributed by atoms with Gasteiger partial charge in [0.1, 0.15) is 11.5 Å². The maximum absolute atomic E-state index is 5.78. The maximum atomic E-state index is 5.78. The predicted octanol–water partition coefficient (Wildman–Crippen LogP) is 3.55. The van der Waals surface area contributed by atoms with Crippen LogP contribution in [0.25, 0.3) is 0 Å². The van der Waals surface area contributed by atoms with Crippen LogP contribution in [0.15, 0.2) is 12.1 Å². The van der Waals surface area contributed by atoms with Gasteiger partial charge in [-0.05, 0) is 50.4 Å². The monoisotopic (exact) mass is 299 g/mol. The van der Waals surface area contributed by atoms with Gasteiger partial charge in [0.05, 0.1) is 13.7 Å². The molecular weight excluding hydrogens is 274 g/mol. The van der Waals surface area contributed by atoms with E-state index in [1.54, 1.807) is 7.11 Å². The Bertz CT molecular complexity index is 417. The summed E-state index contributed by atoms with van der Waals surface area (Å²) >= 11 is 0. The molecule has 20 heavy (non-hydrogen) atoms. The minimum Gasteiger partial charge on any atom is -0.496 e. The van der Waals surface area contributed by atoms with Gasteiger partial charge in [-0.1, -0.05) is 6.92 Å². The van der Waals surface area contributed by atoms with Gasteiger partial charge < -0.3 is 14.8 Å². The van der Waals surface area contributed by atoms with E-state index in [1.807, 2.05) is 6.92 Å². The molecule has 0 aromatic heterocycles. The highest BCUT2D eigenvalue weighted by molar-refractivity contribution is 5.85. The molecule has 3 nitrogen and oxygen atoms in total. The fraction of sp³-hybridized carbons (Fsp3) is 0.625. The molecule has 1 aliphatic heterocycles.